The van der Waals surface area contributed by atoms with E-state index in [4.69, 9.17) is 5.73 Å². The Morgan fingerprint density at radius 3 is 2.55 bits per heavy atom. The summed E-state index contributed by atoms with van der Waals surface area (Å²) in [4.78, 5) is 11.8. The van der Waals surface area contributed by atoms with Gasteiger partial charge in [0.2, 0.25) is 5.91 Å². The van der Waals surface area contributed by atoms with E-state index in [1.165, 1.54) is 0 Å². The van der Waals surface area contributed by atoms with Gasteiger partial charge in [-0.15, -0.1) is 0 Å². The van der Waals surface area contributed by atoms with Crippen LogP contribution in [0.5, 0.6) is 0 Å². The molecule has 0 aliphatic rings. The van der Waals surface area contributed by atoms with E-state index in [2.05, 4.69) is 5.32 Å². The molecule has 3 nitrogen and oxygen atoms in total. The first-order valence-electron chi connectivity index (χ1n) is 6.81. The lowest BCUT2D eigenvalue weighted by molar-refractivity contribution is -0.121. The maximum Gasteiger partial charge on any atom is 0.220 e. The van der Waals surface area contributed by atoms with Crippen LogP contribution in [0.25, 0.3) is 0 Å². The molecule has 20 heavy (non-hydrogen) atoms. The number of rotatable bonds is 5. The van der Waals surface area contributed by atoms with E-state index < -0.39 is 0 Å². The summed E-state index contributed by atoms with van der Waals surface area (Å²) in [5.41, 5.74) is 9.93. The molecule has 0 bridgehead atoms. The Morgan fingerprint density at radius 2 is 1.85 bits per heavy atom. The minimum Gasteiger partial charge on any atom is -0.399 e. The van der Waals surface area contributed by atoms with Crippen molar-refractivity contribution in [1.29, 1.82) is 0 Å². The number of benzene rings is 2. The fourth-order valence-electron chi connectivity index (χ4n) is 1.99. The van der Waals surface area contributed by atoms with E-state index in [-0.39, 0.29) is 5.91 Å². The van der Waals surface area contributed by atoms with Gasteiger partial charge in [-0.2, -0.15) is 0 Å². The molecular weight excluding hydrogens is 248 g/mol. The molecule has 0 atom stereocenters. The van der Waals surface area contributed by atoms with Crippen molar-refractivity contribution in [1.82, 2.24) is 5.32 Å². The maximum absolute atomic E-state index is 11.8. The Hall–Kier alpha value is -2.29. The summed E-state index contributed by atoms with van der Waals surface area (Å²) in [7, 11) is 0. The number of carbonyl (C=O) groups is 1. The van der Waals surface area contributed by atoms with Gasteiger partial charge < -0.3 is 11.1 Å². The molecule has 0 aliphatic heterocycles. The predicted molar refractivity (Wildman–Crippen MR) is 82.2 cm³/mol. The molecule has 0 saturated heterocycles. The predicted octanol–water partition coefficient (Wildman–Crippen LogP) is 2.83. The van der Waals surface area contributed by atoms with Crippen LogP contribution in [0.2, 0.25) is 0 Å². The minimum absolute atomic E-state index is 0.0630. The monoisotopic (exact) mass is 268 g/mol. The summed E-state index contributed by atoms with van der Waals surface area (Å²) in [5, 5.41) is 2.93. The zero-order chi connectivity index (χ0) is 14.4. The molecule has 2 aromatic carbocycles. The van der Waals surface area contributed by atoms with Crippen LogP contribution in [-0.2, 0) is 17.8 Å². The number of carbonyl (C=O) groups excluding carboxylic acids is 1. The van der Waals surface area contributed by atoms with Gasteiger partial charge in [-0.3, -0.25) is 4.79 Å². The van der Waals surface area contributed by atoms with Gasteiger partial charge in [0.05, 0.1) is 0 Å². The number of hydrogen-bond donors (Lipinski definition) is 2. The molecule has 0 aliphatic carbocycles. The average molecular weight is 268 g/mol. The highest BCUT2D eigenvalue weighted by atomic mass is 16.1. The highest BCUT2D eigenvalue weighted by Crippen LogP contribution is 2.14. The van der Waals surface area contributed by atoms with E-state index in [1.807, 2.05) is 55.5 Å². The first-order chi connectivity index (χ1) is 9.65. The van der Waals surface area contributed by atoms with Gasteiger partial charge in [-0.25, -0.2) is 0 Å². The van der Waals surface area contributed by atoms with E-state index >= 15 is 0 Å². The quantitative estimate of drug-likeness (QED) is 0.819. The summed E-state index contributed by atoms with van der Waals surface area (Å²) in [6.45, 7) is 2.56. The lowest BCUT2D eigenvalue weighted by Gasteiger charge is -2.07. The zero-order valence-electron chi connectivity index (χ0n) is 11.7. The van der Waals surface area contributed by atoms with Crippen molar-refractivity contribution < 1.29 is 4.79 Å². The molecule has 104 valence electrons. The first-order valence-corrected chi connectivity index (χ1v) is 6.81. The van der Waals surface area contributed by atoms with Gasteiger partial charge in [0, 0.05) is 18.7 Å². The molecule has 1 amide bonds. The molecule has 3 N–H and O–H groups in total. The van der Waals surface area contributed by atoms with E-state index in [0.29, 0.717) is 19.4 Å². The third-order valence-corrected chi connectivity index (χ3v) is 3.32. The highest BCUT2D eigenvalue weighted by Gasteiger charge is 2.03. The van der Waals surface area contributed by atoms with Crippen molar-refractivity contribution in [2.75, 3.05) is 5.73 Å². The highest BCUT2D eigenvalue weighted by molar-refractivity contribution is 5.76. The van der Waals surface area contributed by atoms with Crippen molar-refractivity contribution in [3.05, 3.63) is 65.2 Å². The standard InChI is InChI=1S/C17H20N2O/c1-13-7-8-14(11-16(13)18)9-10-17(20)19-12-15-5-3-2-4-6-15/h2-8,11H,9-10,12,18H2,1H3,(H,19,20). The van der Waals surface area contributed by atoms with Crippen LogP contribution in [0, 0.1) is 6.92 Å². The third-order valence-electron chi connectivity index (χ3n) is 3.32. The van der Waals surface area contributed by atoms with Crippen LogP contribution in [-0.4, -0.2) is 5.91 Å². The number of hydrogen-bond acceptors (Lipinski definition) is 2. The molecule has 2 rings (SSSR count). The first kappa shape index (κ1) is 14.1. The Kier molecular flexibility index (Phi) is 4.77. The van der Waals surface area contributed by atoms with Crippen LogP contribution in [0.3, 0.4) is 0 Å². The average Bonchev–Trinajstić information content (AvgIpc) is 2.47. The lowest BCUT2D eigenvalue weighted by Crippen LogP contribution is -2.22. The van der Waals surface area contributed by atoms with Crippen LogP contribution in [0.4, 0.5) is 5.69 Å². The SMILES string of the molecule is Cc1ccc(CCC(=O)NCc2ccccc2)cc1N. The van der Waals surface area contributed by atoms with Crippen molar-refractivity contribution >= 4 is 11.6 Å². The van der Waals surface area contributed by atoms with Crippen molar-refractivity contribution in [3.63, 3.8) is 0 Å². The molecular formula is C17H20N2O. The zero-order valence-corrected chi connectivity index (χ0v) is 11.7. The molecule has 2 aromatic rings. The van der Waals surface area contributed by atoms with Crippen LogP contribution in [0.15, 0.2) is 48.5 Å². The van der Waals surface area contributed by atoms with Crippen molar-refractivity contribution in [2.45, 2.75) is 26.3 Å². The molecule has 0 aromatic heterocycles. The summed E-state index contributed by atoms with van der Waals surface area (Å²) in [6.07, 6.45) is 1.19. The maximum atomic E-state index is 11.8. The Morgan fingerprint density at radius 1 is 1.10 bits per heavy atom. The number of nitrogens with one attached hydrogen (secondary N) is 1. The van der Waals surface area contributed by atoms with E-state index in [9.17, 15) is 4.79 Å². The summed E-state index contributed by atoms with van der Waals surface area (Å²) in [5.74, 6) is 0.0630. The number of nitrogens with two attached hydrogens (primary N) is 1. The molecule has 0 heterocycles. The fourth-order valence-corrected chi connectivity index (χ4v) is 1.99. The molecule has 0 fully saturated rings. The molecule has 0 unspecified atom stereocenters. The molecule has 3 heteroatoms. The second kappa shape index (κ2) is 6.75. The smallest absolute Gasteiger partial charge is 0.220 e. The summed E-state index contributed by atoms with van der Waals surface area (Å²) in [6, 6.07) is 15.9. The number of anilines is 1. The van der Waals surface area contributed by atoms with Crippen LogP contribution < -0.4 is 11.1 Å². The van der Waals surface area contributed by atoms with Gasteiger partial charge in [-0.1, -0.05) is 42.5 Å². The lowest BCUT2D eigenvalue weighted by atomic mass is 10.1. The van der Waals surface area contributed by atoms with Gasteiger partial charge >= 0.3 is 0 Å². The third kappa shape index (κ3) is 4.12. The summed E-state index contributed by atoms with van der Waals surface area (Å²) >= 11 is 0. The Bertz CT molecular complexity index is 579. The second-order valence-electron chi connectivity index (χ2n) is 4.95. The number of amides is 1. The Balaban J connectivity index is 1.79. The van der Waals surface area contributed by atoms with Crippen molar-refractivity contribution in [2.24, 2.45) is 0 Å². The van der Waals surface area contributed by atoms with Crippen molar-refractivity contribution in [3.8, 4) is 0 Å². The number of aryl methyl sites for hydroxylation is 2. The normalized spacial score (nSPS) is 10.2. The molecule has 0 spiro atoms. The minimum atomic E-state index is 0.0630. The molecule has 0 radical (unpaired) electrons. The Labute approximate surface area is 119 Å². The van der Waals surface area contributed by atoms with Gasteiger partial charge in [-0.05, 0) is 36.1 Å². The van der Waals surface area contributed by atoms with Gasteiger partial charge in [0.15, 0.2) is 0 Å². The fraction of sp³-hybridized carbons (Fsp3) is 0.235. The van der Waals surface area contributed by atoms with Crippen LogP contribution in [0.1, 0.15) is 23.1 Å². The van der Waals surface area contributed by atoms with Crippen LogP contribution >= 0.6 is 0 Å². The topological polar surface area (TPSA) is 55.1 Å². The van der Waals surface area contributed by atoms with Gasteiger partial charge in [0.25, 0.3) is 0 Å². The largest absolute Gasteiger partial charge is 0.399 e. The second-order valence-corrected chi connectivity index (χ2v) is 4.95. The van der Waals surface area contributed by atoms with E-state index in [0.717, 1.165) is 22.4 Å². The van der Waals surface area contributed by atoms with Gasteiger partial charge in [0.1, 0.15) is 0 Å². The van der Waals surface area contributed by atoms with E-state index in [1.54, 1.807) is 0 Å². The molecule has 0 saturated carbocycles. The number of nitrogen functional groups attached to an aromatic ring is 1. The summed E-state index contributed by atoms with van der Waals surface area (Å²) < 4.78 is 0.